The van der Waals surface area contributed by atoms with Crippen LogP contribution >= 0.6 is 0 Å². The van der Waals surface area contributed by atoms with Crippen LogP contribution in [-0.4, -0.2) is 15.1 Å². The lowest BCUT2D eigenvalue weighted by atomic mass is 10.1. The van der Waals surface area contributed by atoms with Crippen LogP contribution in [0.15, 0.2) is 71.4 Å². The summed E-state index contributed by atoms with van der Waals surface area (Å²) in [7, 11) is 0. The molecule has 0 saturated heterocycles. The predicted octanol–water partition coefficient (Wildman–Crippen LogP) is 3.26. The van der Waals surface area contributed by atoms with Crippen LogP contribution in [0.4, 0.5) is 0 Å². The highest BCUT2D eigenvalue weighted by atomic mass is 16.5. The fraction of sp³-hybridized carbons (Fsp3) is 0.105. The minimum absolute atomic E-state index is 0.387. The molecule has 0 amide bonds. The Morgan fingerprint density at radius 1 is 1.00 bits per heavy atom. The van der Waals surface area contributed by atoms with Gasteiger partial charge in [0.15, 0.2) is 5.82 Å². The summed E-state index contributed by atoms with van der Waals surface area (Å²) in [4.78, 5) is 8.81. The van der Waals surface area contributed by atoms with E-state index < -0.39 is 0 Å². The van der Waals surface area contributed by atoms with Crippen molar-refractivity contribution in [1.82, 2.24) is 15.1 Å². The zero-order chi connectivity index (χ0) is 16.4. The first-order valence-electron chi connectivity index (χ1n) is 7.76. The lowest BCUT2D eigenvalue weighted by Gasteiger charge is -2.06. The van der Waals surface area contributed by atoms with E-state index in [1.807, 2.05) is 60.7 Å². The molecule has 0 aliphatic rings. The van der Waals surface area contributed by atoms with E-state index in [1.165, 1.54) is 0 Å². The molecule has 2 heterocycles. The van der Waals surface area contributed by atoms with Crippen molar-refractivity contribution in [2.75, 3.05) is 0 Å². The summed E-state index contributed by atoms with van der Waals surface area (Å²) in [6.45, 7) is 0. The number of hydrogen-bond acceptors (Lipinski definition) is 5. The normalized spacial score (nSPS) is 12.4. The first-order chi connectivity index (χ1) is 11.8. The molecule has 0 saturated carbocycles. The van der Waals surface area contributed by atoms with Gasteiger partial charge in [-0.3, -0.25) is 4.98 Å². The highest BCUT2D eigenvalue weighted by molar-refractivity contribution is 5.78. The molecule has 5 heteroatoms. The van der Waals surface area contributed by atoms with E-state index >= 15 is 0 Å². The van der Waals surface area contributed by atoms with Gasteiger partial charge in [-0.1, -0.05) is 53.7 Å². The van der Waals surface area contributed by atoms with Gasteiger partial charge in [0, 0.05) is 11.6 Å². The lowest BCUT2D eigenvalue weighted by molar-refractivity contribution is 0.377. The number of nitrogens with zero attached hydrogens (tertiary/aromatic N) is 3. The van der Waals surface area contributed by atoms with Crippen molar-refractivity contribution in [2.45, 2.75) is 12.5 Å². The van der Waals surface area contributed by atoms with Crippen molar-refractivity contribution >= 4 is 10.9 Å². The second kappa shape index (κ2) is 6.22. The third kappa shape index (κ3) is 2.89. The van der Waals surface area contributed by atoms with Crippen molar-refractivity contribution in [3.63, 3.8) is 0 Å². The number of aromatic nitrogens is 3. The van der Waals surface area contributed by atoms with Crippen LogP contribution in [0, 0.1) is 0 Å². The van der Waals surface area contributed by atoms with Gasteiger partial charge in [0.2, 0.25) is 5.89 Å². The zero-order valence-electron chi connectivity index (χ0n) is 13.0. The third-order valence-electron chi connectivity index (χ3n) is 3.95. The molecule has 0 spiro atoms. The maximum atomic E-state index is 6.20. The smallest absolute Gasteiger partial charge is 0.231 e. The number of fused-ring (bicyclic) bond motifs is 1. The van der Waals surface area contributed by atoms with Crippen LogP contribution in [0.3, 0.4) is 0 Å². The minimum atomic E-state index is -0.387. The van der Waals surface area contributed by atoms with Gasteiger partial charge >= 0.3 is 0 Å². The number of hydrogen-bond donors (Lipinski definition) is 1. The maximum Gasteiger partial charge on any atom is 0.231 e. The van der Waals surface area contributed by atoms with Crippen LogP contribution in [0.2, 0.25) is 0 Å². The number of pyridine rings is 1. The van der Waals surface area contributed by atoms with Crippen LogP contribution in [-0.2, 0) is 6.42 Å². The molecule has 5 nitrogen and oxygen atoms in total. The molecule has 118 valence electrons. The quantitative estimate of drug-likeness (QED) is 0.625. The van der Waals surface area contributed by atoms with Crippen LogP contribution in [0.25, 0.3) is 10.9 Å². The minimum Gasteiger partial charge on any atom is -0.339 e. The van der Waals surface area contributed by atoms with Gasteiger partial charge in [-0.2, -0.15) is 4.98 Å². The average Bonchev–Trinajstić information content (AvgIpc) is 3.10. The first-order valence-corrected chi connectivity index (χ1v) is 7.76. The predicted molar refractivity (Wildman–Crippen MR) is 91.3 cm³/mol. The SMILES string of the molecule is NC(c1ccccc1)c1noc(Cc2ccc3cccnc3c2)n1. The largest absolute Gasteiger partial charge is 0.339 e. The van der Waals surface area contributed by atoms with Gasteiger partial charge in [-0.25, -0.2) is 0 Å². The zero-order valence-corrected chi connectivity index (χ0v) is 13.0. The maximum absolute atomic E-state index is 6.20. The second-order valence-corrected chi connectivity index (χ2v) is 5.64. The Kier molecular flexibility index (Phi) is 3.76. The Hall–Kier alpha value is -3.05. The van der Waals surface area contributed by atoms with Crippen molar-refractivity contribution in [3.8, 4) is 0 Å². The fourth-order valence-corrected chi connectivity index (χ4v) is 2.67. The van der Waals surface area contributed by atoms with Crippen LogP contribution in [0.1, 0.15) is 28.9 Å². The monoisotopic (exact) mass is 316 g/mol. The van der Waals surface area contributed by atoms with Gasteiger partial charge in [0.05, 0.1) is 18.0 Å². The molecule has 2 aromatic carbocycles. The highest BCUT2D eigenvalue weighted by Gasteiger charge is 2.16. The van der Waals surface area contributed by atoms with Crippen LogP contribution in [0.5, 0.6) is 0 Å². The van der Waals surface area contributed by atoms with Gasteiger partial charge in [-0.15, -0.1) is 0 Å². The lowest BCUT2D eigenvalue weighted by Crippen LogP contribution is -2.13. The second-order valence-electron chi connectivity index (χ2n) is 5.64. The standard InChI is InChI=1S/C19H16N4O/c20-18(15-5-2-1-3-6-15)19-22-17(24-23-19)12-13-8-9-14-7-4-10-21-16(14)11-13/h1-11,18H,12,20H2. The Labute approximate surface area is 139 Å². The molecule has 1 atom stereocenters. The molecule has 0 bridgehead atoms. The van der Waals surface area contributed by atoms with Crippen molar-refractivity contribution in [2.24, 2.45) is 5.73 Å². The first kappa shape index (κ1) is 14.5. The summed E-state index contributed by atoms with van der Waals surface area (Å²) in [6, 6.07) is 19.5. The Bertz CT molecular complexity index is 965. The molecule has 24 heavy (non-hydrogen) atoms. The third-order valence-corrected chi connectivity index (χ3v) is 3.95. The Morgan fingerprint density at radius 2 is 1.88 bits per heavy atom. The van der Waals surface area contributed by atoms with E-state index in [1.54, 1.807) is 6.20 Å². The van der Waals surface area contributed by atoms with Crippen molar-refractivity contribution < 1.29 is 4.52 Å². The number of nitrogens with two attached hydrogens (primary N) is 1. The van der Waals surface area contributed by atoms with Gasteiger partial charge in [0.25, 0.3) is 0 Å². The summed E-state index contributed by atoms with van der Waals surface area (Å²) >= 11 is 0. The Balaban J connectivity index is 1.56. The van der Waals surface area contributed by atoms with E-state index in [0.29, 0.717) is 18.1 Å². The molecule has 4 rings (SSSR count). The summed E-state index contributed by atoms with van der Waals surface area (Å²) in [5.41, 5.74) is 9.19. The topological polar surface area (TPSA) is 77.8 Å². The molecule has 0 radical (unpaired) electrons. The van der Waals surface area contributed by atoms with Gasteiger partial charge < -0.3 is 10.3 Å². The average molecular weight is 316 g/mol. The van der Waals surface area contributed by atoms with E-state index in [0.717, 1.165) is 22.0 Å². The fourth-order valence-electron chi connectivity index (χ4n) is 2.67. The van der Waals surface area contributed by atoms with E-state index in [4.69, 9.17) is 10.3 Å². The van der Waals surface area contributed by atoms with Crippen molar-refractivity contribution in [3.05, 3.63) is 89.7 Å². The van der Waals surface area contributed by atoms with Crippen LogP contribution < -0.4 is 5.73 Å². The Morgan fingerprint density at radius 3 is 2.75 bits per heavy atom. The summed E-state index contributed by atoms with van der Waals surface area (Å²) in [5.74, 6) is 1.04. The number of benzene rings is 2. The number of rotatable bonds is 4. The molecular weight excluding hydrogens is 300 g/mol. The molecular formula is C19H16N4O. The molecule has 1 unspecified atom stereocenters. The highest BCUT2D eigenvalue weighted by Crippen LogP contribution is 2.19. The summed E-state index contributed by atoms with van der Waals surface area (Å²) < 4.78 is 5.36. The molecule has 0 fully saturated rings. The van der Waals surface area contributed by atoms with Gasteiger partial charge in [0.1, 0.15) is 0 Å². The summed E-state index contributed by atoms with van der Waals surface area (Å²) in [6.07, 6.45) is 2.34. The van der Waals surface area contributed by atoms with Gasteiger partial charge in [-0.05, 0) is 23.3 Å². The van der Waals surface area contributed by atoms with E-state index in [-0.39, 0.29) is 6.04 Å². The van der Waals surface area contributed by atoms with E-state index in [9.17, 15) is 0 Å². The molecule has 0 aliphatic heterocycles. The summed E-state index contributed by atoms with van der Waals surface area (Å²) in [5, 5.41) is 5.13. The molecule has 4 aromatic rings. The van der Waals surface area contributed by atoms with Crippen molar-refractivity contribution in [1.29, 1.82) is 0 Å². The molecule has 2 aromatic heterocycles. The van der Waals surface area contributed by atoms with E-state index in [2.05, 4.69) is 15.1 Å². The molecule has 0 aliphatic carbocycles. The molecule has 2 N–H and O–H groups in total.